The van der Waals surface area contributed by atoms with Crippen LogP contribution in [-0.4, -0.2) is 5.11 Å². The summed E-state index contributed by atoms with van der Waals surface area (Å²) in [5.74, 6) is 0.179. The molecule has 1 rings (SSSR count). The molecule has 2 nitrogen and oxygen atoms in total. The van der Waals surface area contributed by atoms with Gasteiger partial charge in [-0.05, 0) is 34.5 Å². The highest BCUT2D eigenvalue weighted by atomic mass is 79.9. The minimum absolute atomic E-state index is 0. The first-order valence-corrected chi connectivity index (χ1v) is 5.16. The van der Waals surface area contributed by atoms with Crippen molar-refractivity contribution in [1.82, 2.24) is 0 Å². The van der Waals surface area contributed by atoms with E-state index in [2.05, 4.69) is 15.9 Å². The zero-order chi connectivity index (χ0) is 10.0. The standard InChI is InChI=1S/C9H11BrClNO.ClH/c1-2-8(12)6-3-5(11)4-7(10)9(6)13;/h3-4,8,13H,2,12H2,1H3;1H/t8-;/m1./s1. The number of hydrogen-bond donors (Lipinski definition) is 2. The van der Waals surface area contributed by atoms with E-state index in [1.807, 2.05) is 6.92 Å². The SMILES string of the molecule is CC[C@@H](N)c1cc(Cl)cc(Br)c1O.Cl. The maximum absolute atomic E-state index is 9.64. The molecule has 0 saturated heterocycles. The molecular formula is C9H12BrCl2NO. The van der Waals surface area contributed by atoms with E-state index in [-0.39, 0.29) is 24.2 Å². The van der Waals surface area contributed by atoms with Gasteiger partial charge in [0, 0.05) is 16.6 Å². The first kappa shape index (κ1) is 14.0. The fourth-order valence-electron chi connectivity index (χ4n) is 1.09. The van der Waals surface area contributed by atoms with Crippen molar-refractivity contribution in [3.63, 3.8) is 0 Å². The number of hydrogen-bond acceptors (Lipinski definition) is 2. The van der Waals surface area contributed by atoms with Gasteiger partial charge in [-0.25, -0.2) is 0 Å². The minimum Gasteiger partial charge on any atom is -0.506 e. The Balaban J connectivity index is 0.00000169. The van der Waals surface area contributed by atoms with E-state index in [9.17, 15) is 5.11 Å². The molecule has 0 bridgehead atoms. The molecule has 0 spiro atoms. The van der Waals surface area contributed by atoms with Crippen molar-refractivity contribution < 1.29 is 5.11 Å². The van der Waals surface area contributed by atoms with Crippen LogP contribution in [0, 0.1) is 0 Å². The first-order chi connectivity index (χ1) is 6.06. The Morgan fingerprint density at radius 2 is 2.14 bits per heavy atom. The third-order valence-electron chi connectivity index (χ3n) is 1.90. The van der Waals surface area contributed by atoms with E-state index >= 15 is 0 Å². The molecule has 5 heteroatoms. The van der Waals surface area contributed by atoms with Crippen molar-refractivity contribution in [2.24, 2.45) is 5.73 Å². The summed E-state index contributed by atoms with van der Waals surface area (Å²) in [4.78, 5) is 0. The van der Waals surface area contributed by atoms with E-state index in [1.165, 1.54) is 0 Å². The number of nitrogens with two attached hydrogens (primary N) is 1. The van der Waals surface area contributed by atoms with Crippen LogP contribution in [0.4, 0.5) is 0 Å². The van der Waals surface area contributed by atoms with Gasteiger partial charge in [0.2, 0.25) is 0 Å². The van der Waals surface area contributed by atoms with E-state index in [0.29, 0.717) is 15.1 Å². The Morgan fingerprint density at radius 1 is 1.57 bits per heavy atom. The fourth-order valence-corrected chi connectivity index (χ4v) is 1.92. The van der Waals surface area contributed by atoms with Gasteiger partial charge in [-0.15, -0.1) is 12.4 Å². The molecule has 3 N–H and O–H groups in total. The molecule has 0 aliphatic heterocycles. The lowest BCUT2D eigenvalue weighted by Gasteiger charge is -2.12. The highest BCUT2D eigenvalue weighted by molar-refractivity contribution is 9.10. The summed E-state index contributed by atoms with van der Waals surface area (Å²) in [7, 11) is 0. The lowest BCUT2D eigenvalue weighted by molar-refractivity contribution is 0.457. The van der Waals surface area contributed by atoms with Gasteiger partial charge in [0.05, 0.1) is 4.47 Å². The molecule has 1 aromatic rings. The summed E-state index contributed by atoms with van der Waals surface area (Å²) < 4.78 is 0.582. The van der Waals surface area contributed by atoms with Gasteiger partial charge in [-0.3, -0.25) is 0 Å². The lowest BCUT2D eigenvalue weighted by atomic mass is 10.0. The normalized spacial score (nSPS) is 12.0. The van der Waals surface area contributed by atoms with Gasteiger partial charge in [-0.1, -0.05) is 18.5 Å². The zero-order valence-corrected chi connectivity index (χ0v) is 10.8. The average Bonchev–Trinajstić information content (AvgIpc) is 2.10. The Kier molecular flexibility index (Phi) is 5.83. The van der Waals surface area contributed by atoms with Gasteiger partial charge in [0.25, 0.3) is 0 Å². The maximum Gasteiger partial charge on any atom is 0.134 e. The molecule has 0 aromatic heterocycles. The number of halogens is 3. The fraction of sp³-hybridized carbons (Fsp3) is 0.333. The van der Waals surface area contributed by atoms with Crippen LogP contribution in [0.1, 0.15) is 24.9 Å². The van der Waals surface area contributed by atoms with Gasteiger partial charge in [-0.2, -0.15) is 0 Å². The van der Waals surface area contributed by atoms with E-state index in [0.717, 1.165) is 6.42 Å². The van der Waals surface area contributed by atoms with E-state index in [4.69, 9.17) is 17.3 Å². The largest absolute Gasteiger partial charge is 0.506 e. The molecule has 0 radical (unpaired) electrons. The van der Waals surface area contributed by atoms with E-state index < -0.39 is 0 Å². The number of aromatic hydroxyl groups is 1. The molecule has 0 aliphatic rings. The second-order valence-electron chi connectivity index (χ2n) is 2.84. The second-order valence-corrected chi connectivity index (χ2v) is 4.13. The van der Waals surface area contributed by atoms with Gasteiger partial charge < -0.3 is 10.8 Å². The lowest BCUT2D eigenvalue weighted by Crippen LogP contribution is -2.08. The smallest absolute Gasteiger partial charge is 0.134 e. The monoisotopic (exact) mass is 299 g/mol. The van der Waals surface area contributed by atoms with Crippen LogP contribution in [0.15, 0.2) is 16.6 Å². The molecule has 1 aromatic carbocycles. The predicted octanol–water partition coefficient (Wildman–Crippen LogP) is 3.64. The summed E-state index contributed by atoms with van der Waals surface area (Å²) in [6.45, 7) is 1.96. The topological polar surface area (TPSA) is 46.2 Å². The van der Waals surface area contributed by atoms with Gasteiger partial charge in [0.1, 0.15) is 5.75 Å². The van der Waals surface area contributed by atoms with Gasteiger partial charge >= 0.3 is 0 Å². The highest BCUT2D eigenvalue weighted by Gasteiger charge is 2.12. The summed E-state index contributed by atoms with van der Waals surface area (Å²) in [5, 5.41) is 10.2. The van der Waals surface area contributed by atoms with Crippen molar-refractivity contribution in [3.05, 3.63) is 27.2 Å². The van der Waals surface area contributed by atoms with E-state index in [1.54, 1.807) is 12.1 Å². The summed E-state index contributed by atoms with van der Waals surface area (Å²) in [5.41, 5.74) is 6.48. The summed E-state index contributed by atoms with van der Waals surface area (Å²) in [6, 6.07) is 3.16. The van der Waals surface area contributed by atoms with Crippen LogP contribution in [0.5, 0.6) is 5.75 Å². The van der Waals surface area contributed by atoms with Crippen LogP contribution in [0.2, 0.25) is 5.02 Å². The molecule has 80 valence electrons. The van der Waals surface area contributed by atoms with Crippen LogP contribution in [-0.2, 0) is 0 Å². The molecule has 0 saturated carbocycles. The molecule has 0 aliphatic carbocycles. The van der Waals surface area contributed by atoms with Crippen LogP contribution in [0.25, 0.3) is 0 Å². The molecule has 14 heavy (non-hydrogen) atoms. The average molecular weight is 301 g/mol. The number of phenolic OH excluding ortho intramolecular Hbond substituents is 1. The van der Waals surface area contributed by atoms with Crippen LogP contribution < -0.4 is 5.73 Å². The van der Waals surface area contributed by atoms with Crippen molar-refractivity contribution in [1.29, 1.82) is 0 Å². The number of phenols is 1. The van der Waals surface area contributed by atoms with Crippen molar-refractivity contribution >= 4 is 39.9 Å². The number of rotatable bonds is 2. The summed E-state index contributed by atoms with van der Waals surface area (Å²) >= 11 is 9.03. The van der Waals surface area contributed by atoms with Crippen molar-refractivity contribution in [3.8, 4) is 5.75 Å². The molecular weight excluding hydrogens is 289 g/mol. The highest BCUT2D eigenvalue weighted by Crippen LogP contribution is 2.35. The Labute approximate surface area is 103 Å². The second kappa shape index (κ2) is 5.81. The Hall–Kier alpha value is 0.0400. The minimum atomic E-state index is -0.171. The van der Waals surface area contributed by atoms with Crippen LogP contribution >= 0.6 is 39.9 Å². The zero-order valence-electron chi connectivity index (χ0n) is 7.63. The summed E-state index contributed by atoms with van der Waals surface area (Å²) in [6.07, 6.45) is 0.764. The van der Waals surface area contributed by atoms with Crippen molar-refractivity contribution in [2.75, 3.05) is 0 Å². The Morgan fingerprint density at radius 3 is 2.64 bits per heavy atom. The maximum atomic E-state index is 9.64. The molecule has 0 heterocycles. The van der Waals surface area contributed by atoms with Crippen molar-refractivity contribution in [2.45, 2.75) is 19.4 Å². The molecule has 1 atom stereocenters. The molecule has 0 amide bonds. The third-order valence-corrected chi connectivity index (χ3v) is 2.72. The first-order valence-electron chi connectivity index (χ1n) is 3.99. The van der Waals surface area contributed by atoms with Crippen LogP contribution in [0.3, 0.4) is 0 Å². The molecule has 0 unspecified atom stereocenters. The Bertz CT molecular complexity index is 320. The third kappa shape index (κ3) is 3.02. The quantitative estimate of drug-likeness (QED) is 0.876. The molecule has 0 fully saturated rings. The predicted molar refractivity (Wildman–Crippen MR) is 65.3 cm³/mol. The number of benzene rings is 1. The van der Waals surface area contributed by atoms with Gasteiger partial charge in [0.15, 0.2) is 0 Å².